The Morgan fingerprint density at radius 1 is 1.47 bits per heavy atom. The van der Waals surface area contributed by atoms with E-state index in [4.69, 9.17) is 0 Å². The SMILES string of the molecule is CC[C@H](C)[C@H](CO)NC[C@@H]1CC=CCC1. The molecule has 0 radical (unpaired) electrons. The highest BCUT2D eigenvalue weighted by Crippen LogP contribution is 2.17. The van der Waals surface area contributed by atoms with Crippen molar-refractivity contribution in [3.63, 3.8) is 0 Å². The van der Waals surface area contributed by atoms with Crippen LogP contribution < -0.4 is 5.32 Å². The van der Waals surface area contributed by atoms with Gasteiger partial charge in [0.2, 0.25) is 0 Å². The van der Waals surface area contributed by atoms with E-state index < -0.39 is 0 Å². The molecule has 0 aromatic carbocycles. The Morgan fingerprint density at radius 3 is 2.80 bits per heavy atom. The summed E-state index contributed by atoms with van der Waals surface area (Å²) in [7, 11) is 0. The van der Waals surface area contributed by atoms with Gasteiger partial charge in [0, 0.05) is 6.04 Å². The fourth-order valence-corrected chi connectivity index (χ4v) is 2.09. The molecule has 2 nitrogen and oxygen atoms in total. The average Bonchev–Trinajstić information content (AvgIpc) is 2.31. The van der Waals surface area contributed by atoms with Crippen LogP contribution >= 0.6 is 0 Å². The number of allylic oxidation sites excluding steroid dienone is 2. The maximum Gasteiger partial charge on any atom is 0.0587 e. The Hall–Kier alpha value is -0.340. The Kier molecular flexibility index (Phi) is 5.96. The fourth-order valence-electron chi connectivity index (χ4n) is 2.09. The zero-order chi connectivity index (χ0) is 11.1. The van der Waals surface area contributed by atoms with Crippen LogP contribution in [0.3, 0.4) is 0 Å². The van der Waals surface area contributed by atoms with E-state index in [1.807, 2.05) is 0 Å². The maximum absolute atomic E-state index is 9.28. The van der Waals surface area contributed by atoms with Gasteiger partial charge in [0.25, 0.3) is 0 Å². The van der Waals surface area contributed by atoms with Crippen LogP contribution in [-0.2, 0) is 0 Å². The molecule has 3 atom stereocenters. The first-order valence-electron chi connectivity index (χ1n) is 6.27. The average molecular weight is 211 g/mol. The zero-order valence-corrected chi connectivity index (χ0v) is 10.1. The van der Waals surface area contributed by atoms with Gasteiger partial charge in [0.05, 0.1) is 6.61 Å². The van der Waals surface area contributed by atoms with Gasteiger partial charge >= 0.3 is 0 Å². The summed E-state index contributed by atoms with van der Waals surface area (Å²) in [6.07, 6.45) is 9.40. The monoisotopic (exact) mass is 211 g/mol. The van der Waals surface area contributed by atoms with Gasteiger partial charge in [-0.3, -0.25) is 0 Å². The molecule has 0 saturated heterocycles. The molecule has 0 amide bonds. The molecule has 0 unspecified atom stereocenters. The first-order valence-corrected chi connectivity index (χ1v) is 6.27. The standard InChI is InChI=1S/C13H25NO/c1-3-11(2)13(10-15)14-9-12-7-5-4-6-8-12/h4-5,11-15H,3,6-10H2,1-2H3/t11-,12+,13-/m0/s1. The minimum absolute atomic E-state index is 0.261. The number of rotatable bonds is 6. The predicted octanol–water partition coefficient (Wildman–Crippen LogP) is 2.34. The van der Waals surface area contributed by atoms with Crippen LogP contribution in [0.1, 0.15) is 39.5 Å². The molecule has 1 aliphatic rings. The van der Waals surface area contributed by atoms with Crippen molar-refractivity contribution in [1.82, 2.24) is 5.32 Å². The highest BCUT2D eigenvalue weighted by Gasteiger charge is 2.16. The third-order valence-electron chi connectivity index (χ3n) is 3.57. The minimum atomic E-state index is 0.261. The molecule has 2 N–H and O–H groups in total. The third kappa shape index (κ3) is 4.35. The Labute approximate surface area is 93.8 Å². The van der Waals surface area contributed by atoms with Crippen LogP contribution in [0, 0.1) is 11.8 Å². The van der Waals surface area contributed by atoms with Crippen LogP contribution in [0.5, 0.6) is 0 Å². The summed E-state index contributed by atoms with van der Waals surface area (Å²) in [6.45, 7) is 5.70. The van der Waals surface area contributed by atoms with Crippen molar-refractivity contribution in [2.75, 3.05) is 13.2 Å². The van der Waals surface area contributed by atoms with Crippen molar-refractivity contribution in [2.45, 2.75) is 45.6 Å². The highest BCUT2D eigenvalue weighted by molar-refractivity contribution is 4.91. The summed E-state index contributed by atoms with van der Waals surface area (Å²) in [4.78, 5) is 0. The Morgan fingerprint density at radius 2 is 2.27 bits per heavy atom. The van der Waals surface area contributed by atoms with Crippen molar-refractivity contribution in [2.24, 2.45) is 11.8 Å². The van der Waals surface area contributed by atoms with Gasteiger partial charge < -0.3 is 10.4 Å². The lowest BCUT2D eigenvalue weighted by atomic mass is 9.93. The molecule has 0 saturated carbocycles. The van der Waals surface area contributed by atoms with Crippen molar-refractivity contribution in [1.29, 1.82) is 0 Å². The second-order valence-corrected chi connectivity index (χ2v) is 4.73. The van der Waals surface area contributed by atoms with Gasteiger partial charge in [-0.15, -0.1) is 0 Å². The van der Waals surface area contributed by atoms with Crippen LogP contribution in [-0.4, -0.2) is 24.3 Å². The van der Waals surface area contributed by atoms with Crippen molar-refractivity contribution in [3.8, 4) is 0 Å². The molecule has 0 heterocycles. The Balaban J connectivity index is 2.24. The number of aliphatic hydroxyl groups excluding tert-OH is 1. The Bertz CT molecular complexity index is 191. The molecule has 2 heteroatoms. The summed E-state index contributed by atoms with van der Waals surface area (Å²) in [5, 5.41) is 12.8. The van der Waals surface area contributed by atoms with Crippen molar-refractivity contribution < 1.29 is 5.11 Å². The molecule has 0 spiro atoms. The topological polar surface area (TPSA) is 32.3 Å². The van der Waals surface area contributed by atoms with Crippen LogP contribution in [0.15, 0.2) is 12.2 Å². The van der Waals surface area contributed by atoms with E-state index in [0.717, 1.165) is 18.9 Å². The summed E-state index contributed by atoms with van der Waals surface area (Å²) < 4.78 is 0. The van der Waals surface area contributed by atoms with E-state index >= 15 is 0 Å². The van der Waals surface area contributed by atoms with E-state index in [2.05, 4.69) is 31.3 Å². The third-order valence-corrected chi connectivity index (χ3v) is 3.57. The first-order chi connectivity index (χ1) is 7.27. The summed E-state index contributed by atoms with van der Waals surface area (Å²) in [5.74, 6) is 1.34. The van der Waals surface area contributed by atoms with Gasteiger partial charge in [-0.05, 0) is 37.6 Å². The van der Waals surface area contributed by atoms with E-state index in [-0.39, 0.29) is 12.6 Å². The fraction of sp³-hybridized carbons (Fsp3) is 0.846. The van der Waals surface area contributed by atoms with E-state index in [9.17, 15) is 5.11 Å². The molecule has 0 bridgehead atoms. The lowest BCUT2D eigenvalue weighted by Crippen LogP contribution is -2.40. The van der Waals surface area contributed by atoms with E-state index in [1.165, 1.54) is 19.3 Å². The van der Waals surface area contributed by atoms with Crippen molar-refractivity contribution in [3.05, 3.63) is 12.2 Å². The number of aliphatic hydroxyl groups is 1. The highest BCUT2D eigenvalue weighted by atomic mass is 16.3. The zero-order valence-electron chi connectivity index (χ0n) is 10.1. The second kappa shape index (κ2) is 7.02. The molecule has 0 fully saturated rings. The van der Waals surface area contributed by atoms with E-state index in [0.29, 0.717) is 5.92 Å². The van der Waals surface area contributed by atoms with Crippen LogP contribution in [0.2, 0.25) is 0 Å². The van der Waals surface area contributed by atoms with Gasteiger partial charge in [0.15, 0.2) is 0 Å². The molecular formula is C13H25NO. The quantitative estimate of drug-likeness (QED) is 0.661. The summed E-state index contributed by atoms with van der Waals surface area (Å²) >= 11 is 0. The molecule has 1 aliphatic carbocycles. The smallest absolute Gasteiger partial charge is 0.0587 e. The summed E-state index contributed by atoms with van der Waals surface area (Å²) in [6, 6.07) is 0.279. The molecule has 88 valence electrons. The van der Waals surface area contributed by atoms with Gasteiger partial charge in [-0.1, -0.05) is 32.4 Å². The lowest BCUT2D eigenvalue weighted by Gasteiger charge is -2.26. The van der Waals surface area contributed by atoms with Gasteiger partial charge in [-0.25, -0.2) is 0 Å². The number of hydrogen-bond donors (Lipinski definition) is 2. The van der Waals surface area contributed by atoms with E-state index in [1.54, 1.807) is 0 Å². The second-order valence-electron chi connectivity index (χ2n) is 4.73. The van der Waals surface area contributed by atoms with Gasteiger partial charge in [-0.2, -0.15) is 0 Å². The normalized spacial score (nSPS) is 25.1. The minimum Gasteiger partial charge on any atom is -0.395 e. The maximum atomic E-state index is 9.28. The molecule has 1 rings (SSSR count). The molecule has 0 aromatic rings. The lowest BCUT2D eigenvalue weighted by molar-refractivity contribution is 0.195. The first kappa shape index (κ1) is 12.7. The van der Waals surface area contributed by atoms with Crippen LogP contribution in [0.4, 0.5) is 0 Å². The molecule has 15 heavy (non-hydrogen) atoms. The number of hydrogen-bond acceptors (Lipinski definition) is 2. The van der Waals surface area contributed by atoms with Crippen LogP contribution in [0.25, 0.3) is 0 Å². The molecule has 0 aliphatic heterocycles. The van der Waals surface area contributed by atoms with Crippen molar-refractivity contribution >= 4 is 0 Å². The number of nitrogens with one attached hydrogen (secondary N) is 1. The molecular weight excluding hydrogens is 186 g/mol. The predicted molar refractivity (Wildman–Crippen MR) is 64.8 cm³/mol. The van der Waals surface area contributed by atoms with Gasteiger partial charge in [0.1, 0.15) is 0 Å². The molecule has 0 aromatic heterocycles. The largest absolute Gasteiger partial charge is 0.395 e. The summed E-state index contributed by atoms with van der Waals surface area (Å²) in [5.41, 5.74) is 0.